The minimum atomic E-state index is 0.283. The third-order valence-corrected chi connectivity index (χ3v) is 3.86. The average Bonchev–Trinajstić information content (AvgIpc) is 2.49. The topological polar surface area (TPSA) is 47.0 Å². The van der Waals surface area contributed by atoms with Gasteiger partial charge in [-0.05, 0) is 30.8 Å². The summed E-state index contributed by atoms with van der Waals surface area (Å²) in [5.41, 5.74) is 1.24. The third kappa shape index (κ3) is 3.94. The fourth-order valence-electron chi connectivity index (χ4n) is 1.72. The van der Waals surface area contributed by atoms with Gasteiger partial charge in [0.2, 0.25) is 0 Å². The van der Waals surface area contributed by atoms with Crippen molar-refractivity contribution in [2.75, 3.05) is 19.9 Å². The Labute approximate surface area is 117 Å². The predicted octanol–water partition coefficient (Wildman–Crippen LogP) is 2.54. The van der Waals surface area contributed by atoms with E-state index >= 15 is 0 Å². The number of ether oxygens (including phenoxy) is 1. The molecule has 5 heteroatoms. The highest BCUT2D eigenvalue weighted by atomic mass is 32.2. The molecule has 0 aliphatic rings. The molecule has 0 aliphatic carbocycles. The van der Waals surface area contributed by atoms with Gasteiger partial charge in [-0.2, -0.15) is 0 Å². The number of benzene rings is 1. The molecule has 19 heavy (non-hydrogen) atoms. The normalized spacial score (nSPS) is 12.1. The van der Waals surface area contributed by atoms with Gasteiger partial charge < -0.3 is 10.1 Å². The quantitative estimate of drug-likeness (QED) is 0.648. The summed E-state index contributed by atoms with van der Waals surface area (Å²) in [5.74, 6) is 1.79. The van der Waals surface area contributed by atoms with Crippen molar-refractivity contribution >= 4 is 11.8 Å². The summed E-state index contributed by atoms with van der Waals surface area (Å²) in [6.45, 7) is 0. The summed E-state index contributed by atoms with van der Waals surface area (Å²) in [6, 6.07) is 10.3. The van der Waals surface area contributed by atoms with Crippen LogP contribution < -0.4 is 10.1 Å². The van der Waals surface area contributed by atoms with Crippen LogP contribution in [0.5, 0.6) is 5.75 Å². The molecule has 1 aromatic heterocycles. The Balaban J connectivity index is 1.99. The average molecular weight is 275 g/mol. The molecule has 1 unspecified atom stereocenters. The lowest BCUT2D eigenvalue weighted by Gasteiger charge is -2.16. The van der Waals surface area contributed by atoms with Crippen LogP contribution in [0.2, 0.25) is 0 Å². The fourth-order valence-corrected chi connectivity index (χ4v) is 2.69. The number of nitrogens with zero attached hydrogens (tertiary/aromatic N) is 2. The van der Waals surface area contributed by atoms with Gasteiger partial charge >= 0.3 is 0 Å². The maximum absolute atomic E-state index is 5.17. The van der Waals surface area contributed by atoms with E-state index in [2.05, 4.69) is 27.4 Å². The molecular formula is C14H17N3OS. The van der Waals surface area contributed by atoms with Crippen molar-refractivity contribution in [1.82, 2.24) is 15.3 Å². The van der Waals surface area contributed by atoms with Gasteiger partial charge in [-0.15, -0.1) is 11.8 Å². The van der Waals surface area contributed by atoms with Gasteiger partial charge in [0.05, 0.1) is 12.1 Å². The number of methoxy groups -OCH3 is 1. The van der Waals surface area contributed by atoms with E-state index < -0.39 is 0 Å². The zero-order valence-corrected chi connectivity index (χ0v) is 11.9. The highest BCUT2D eigenvalue weighted by molar-refractivity contribution is 7.99. The molecule has 0 aliphatic heterocycles. The van der Waals surface area contributed by atoms with Crippen LogP contribution in [0.15, 0.2) is 47.9 Å². The zero-order valence-electron chi connectivity index (χ0n) is 11.0. The minimum Gasteiger partial charge on any atom is -0.497 e. The number of rotatable bonds is 6. The lowest BCUT2D eigenvalue weighted by molar-refractivity contribution is 0.414. The molecule has 0 radical (unpaired) electrons. The largest absolute Gasteiger partial charge is 0.497 e. The first-order chi connectivity index (χ1) is 9.33. The minimum absolute atomic E-state index is 0.283. The van der Waals surface area contributed by atoms with Crippen molar-refractivity contribution < 1.29 is 4.74 Å². The number of hydrogen-bond acceptors (Lipinski definition) is 5. The summed E-state index contributed by atoms with van der Waals surface area (Å²) >= 11 is 1.71. The molecule has 2 aromatic rings. The molecular weight excluding hydrogens is 258 g/mol. The van der Waals surface area contributed by atoms with Crippen LogP contribution in [0.25, 0.3) is 0 Å². The Morgan fingerprint density at radius 1 is 1.26 bits per heavy atom. The molecule has 0 bridgehead atoms. The Kier molecular flexibility index (Phi) is 5.18. The van der Waals surface area contributed by atoms with Gasteiger partial charge in [0.1, 0.15) is 12.1 Å². The van der Waals surface area contributed by atoms with Crippen LogP contribution in [-0.2, 0) is 0 Å². The second kappa shape index (κ2) is 7.11. The molecule has 0 saturated carbocycles. The van der Waals surface area contributed by atoms with E-state index in [1.807, 2.05) is 25.2 Å². The summed E-state index contributed by atoms with van der Waals surface area (Å²) in [7, 11) is 3.64. The molecule has 0 fully saturated rings. The maximum Gasteiger partial charge on any atom is 0.118 e. The Bertz CT molecular complexity index is 490. The van der Waals surface area contributed by atoms with Gasteiger partial charge in [-0.25, -0.2) is 9.97 Å². The molecule has 0 spiro atoms. The second-order valence-corrected chi connectivity index (χ2v) is 5.01. The predicted molar refractivity (Wildman–Crippen MR) is 77.6 cm³/mol. The number of thioether (sulfide) groups is 1. The van der Waals surface area contributed by atoms with E-state index in [0.29, 0.717) is 0 Å². The first-order valence-electron chi connectivity index (χ1n) is 6.03. The standard InChI is InChI=1S/C14H17N3OS/c1-15-13(9-19-14-7-8-16-10-17-14)11-3-5-12(18-2)6-4-11/h3-8,10,13,15H,9H2,1-2H3. The first-order valence-corrected chi connectivity index (χ1v) is 7.02. The Hall–Kier alpha value is -1.59. The van der Waals surface area contributed by atoms with E-state index in [1.54, 1.807) is 31.4 Å². The highest BCUT2D eigenvalue weighted by Gasteiger charge is 2.10. The Morgan fingerprint density at radius 2 is 2.05 bits per heavy atom. The molecule has 0 saturated heterocycles. The molecule has 0 amide bonds. The van der Waals surface area contributed by atoms with Gasteiger partial charge in [0.25, 0.3) is 0 Å². The maximum atomic E-state index is 5.17. The molecule has 1 N–H and O–H groups in total. The zero-order chi connectivity index (χ0) is 13.5. The summed E-state index contributed by atoms with van der Waals surface area (Å²) < 4.78 is 5.17. The molecule has 1 heterocycles. The monoisotopic (exact) mass is 275 g/mol. The van der Waals surface area contributed by atoms with Gasteiger partial charge in [0.15, 0.2) is 0 Å². The molecule has 2 rings (SSSR count). The van der Waals surface area contributed by atoms with Crippen LogP contribution in [0.4, 0.5) is 0 Å². The van der Waals surface area contributed by atoms with Crippen molar-refractivity contribution in [3.05, 3.63) is 48.4 Å². The highest BCUT2D eigenvalue weighted by Crippen LogP contribution is 2.24. The number of aromatic nitrogens is 2. The summed E-state index contributed by atoms with van der Waals surface area (Å²) in [4.78, 5) is 8.13. The van der Waals surface area contributed by atoms with E-state index in [1.165, 1.54) is 5.56 Å². The fraction of sp³-hybridized carbons (Fsp3) is 0.286. The van der Waals surface area contributed by atoms with Crippen molar-refractivity contribution in [3.63, 3.8) is 0 Å². The summed E-state index contributed by atoms with van der Waals surface area (Å²) in [6.07, 6.45) is 3.33. The second-order valence-electron chi connectivity index (χ2n) is 3.97. The van der Waals surface area contributed by atoms with Gasteiger partial charge in [-0.1, -0.05) is 12.1 Å². The van der Waals surface area contributed by atoms with E-state index in [0.717, 1.165) is 16.5 Å². The van der Waals surface area contributed by atoms with Crippen LogP contribution in [0.3, 0.4) is 0 Å². The lowest BCUT2D eigenvalue weighted by atomic mass is 10.1. The van der Waals surface area contributed by atoms with Crippen LogP contribution in [0.1, 0.15) is 11.6 Å². The summed E-state index contributed by atoms with van der Waals surface area (Å²) in [5, 5.41) is 4.31. The van der Waals surface area contributed by atoms with Gasteiger partial charge in [0, 0.05) is 18.0 Å². The van der Waals surface area contributed by atoms with E-state index in [4.69, 9.17) is 4.74 Å². The van der Waals surface area contributed by atoms with Crippen molar-refractivity contribution in [2.45, 2.75) is 11.1 Å². The molecule has 4 nitrogen and oxygen atoms in total. The van der Waals surface area contributed by atoms with Crippen LogP contribution >= 0.6 is 11.8 Å². The lowest BCUT2D eigenvalue weighted by Crippen LogP contribution is -2.18. The number of nitrogens with one attached hydrogen (secondary N) is 1. The molecule has 1 aromatic carbocycles. The van der Waals surface area contributed by atoms with E-state index in [-0.39, 0.29) is 6.04 Å². The van der Waals surface area contributed by atoms with Crippen LogP contribution in [0, 0.1) is 0 Å². The third-order valence-electron chi connectivity index (χ3n) is 2.82. The van der Waals surface area contributed by atoms with Gasteiger partial charge in [-0.3, -0.25) is 0 Å². The number of hydrogen-bond donors (Lipinski definition) is 1. The molecule has 1 atom stereocenters. The van der Waals surface area contributed by atoms with Crippen molar-refractivity contribution in [3.8, 4) is 5.75 Å². The first kappa shape index (κ1) is 13.8. The molecule has 100 valence electrons. The van der Waals surface area contributed by atoms with Crippen molar-refractivity contribution in [1.29, 1.82) is 0 Å². The van der Waals surface area contributed by atoms with E-state index in [9.17, 15) is 0 Å². The SMILES string of the molecule is CNC(CSc1ccncn1)c1ccc(OC)cc1. The van der Waals surface area contributed by atoms with Crippen molar-refractivity contribution in [2.24, 2.45) is 0 Å². The Morgan fingerprint density at radius 3 is 2.63 bits per heavy atom. The smallest absolute Gasteiger partial charge is 0.118 e. The van der Waals surface area contributed by atoms with Crippen LogP contribution in [-0.4, -0.2) is 29.9 Å².